The fraction of sp³-hybridized carbons (Fsp3) is 0.455. The van der Waals surface area contributed by atoms with Crippen LogP contribution in [0.25, 0.3) is 0 Å². The van der Waals surface area contributed by atoms with Crippen LogP contribution in [0, 0.1) is 0 Å². The summed E-state index contributed by atoms with van der Waals surface area (Å²) >= 11 is 0. The second-order valence-electron chi connectivity index (χ2n) is 3.64. The Labute approximate surface area is 99.0 Å². The number of carbonyl (C=O) groups excluding carboxylic acids is 1. The Kier molecular flexibility index (Phi) is 5.06. The van der Waals surface area contributed by atoms with Crippen LogP contribution in [0.1, 0.15) is 25.3 Å². The summed E-state index contributed by atoms with van der Waals surface area (Å²) in [6.45, 7) is 2.17. The maximum Gasteiger partial charge on any atom is 0.326 e. The van der Waals surface area contributed by atoms with Crippen LogP contribution in [-0.4, -0.2) is 23.1 Å². The molecule has 0 aliphatic rings. The van der Waals surface area contributed by atoms with E-state index in [2.05, 4.69) is 10.6 Å². The molecule has 2 amide bonds. The van der Waals surface area contributed by atoms with Crippen molar-refractivity contribution in [3.8, 4) is 0 Å². The quantitative estimate of drug-likeness (QED) is 0.699. The van der Waals surface area contributed by atoms with Crippen LogP contribution in [0.2, 0.25) is 0 Å². The molecule has 0 saturated carbocycles. The molecule has 17 heavy (non-hydrogen) atoms. The van der Waals surface area contributed by atoms with E-state index in [-0.39, 0.29) is 0 Å². The molecule has 3 N–H and O–H groups in total. The van der Waals surface area contributed by atoms with Crippen molar-refractivity contribution in [1.29, 1.82) is 0 Å². The molecule has 0 fully saturated rings. The predicted octanol–water partition coefficient (Wildman–Crippen LogP) is 1.33. The molecule has 6 nitrogen and oxygen atoms in total. The number of hydrogen-bond acceptors (Lipinski definition) is 3. The number of carbonyl (C=O) groups is 2. The second kappa shape index (κ2) is 6.57. The van der Waals surface area contributed by atoms with E-state index in [1.165, 1.54) is 12.5 Å². The summed E-state index contributed by atoms with van der Waals surface area (Å²) < 4.78 is 4.84. The minimum absolute atomic E-state index is 0.306. The lowest BCUT2D eigenvalue weighted by molar-refractivity contribution is -0.139. The lowest BCUT2D eigenvalue weighted by Crippen LogP contribution is -2.45. The molecule has 1 aromatic heterocycles. The second-order valence-corrected chi connectivity index (χ2v) is 3.64. The summed E-state index contributed by atoms with van der Waals surface area (Å²) in [6.07, 6.45) is 4.13. The van der Waals surface area contributed by atoms with Gasteiger partial charge in [-0.3, -0.25) is 0 Å². The molecule has 1 atom stereocenters. The molecule has 6 heteroatoms. The summed E-state index contributed by atoms with van der Waals surface area (Å²) in [6, 6.07) is 0.387. The Morgan fingerprint density at radius 3 is 2.82 bits per heavy atom. The molecule has 0 aliphatic carbocycles. The summed E-state index contributed by atoms with van der Waals surface area (Å²) in [5.74, 6) is -1.02. The topological polar surface area (TPSA) is 91.6 Å². The summed E-state index contributed by atoms with van der Waals surface area (Å²) in [5, 5.41) is 13.8. The summed E-state index contributed by atoms with van der Waals surface area (Å²) in [4.78, 5) is 22.2. The van der Waals surface area contributed by atoms with E-state index >= 15 is 0 Å². The van der Waals surface area contributed by atoms with Gasteiger partial charge in [0.05, 0.1) is 12.5 Å². The molecule has 1 rings (SSSR count). The third-order valence-corrected chi connectivity index (χ3v) is 2.21. The van der Waals surface area contributed by atoms with Crippen molar-refractivity contribution in [2.24, 2.45) is 0 Å². The Morgan fingerprint density at radius 1 is 1.53 bits per heavy atom. The first kappa shape index (κ1) is 13.1. The summed E-state index contributed by atoms with van der Waals surface area (Å²) in [5.41, 5.74) is 0.822. The summed E-state index contributed by atoms with van der Waals surface area (Å²) in [7, 11) is 0. The van der Waals surface area contributed by atoms with Crippen LogP contribution in [0.5, 0.6) is 0 Å². The highest BCUT2D eigenvalue weighted by molar-refractivity contribution is 5.82. The number of carboxylic acids is 1. The smallest absolute Gasteiger partial charge is 0.326 e. The van der Waals surface area contributed by atoms with Crippen LogP contribution in [0.15, 0.2) is 23.0 Å². The van der Waals surface area contributed by atoms with Gasteiger partial charge < -0.3 is 20.2 Å². The minimum Gasteiger partial charge on any atom is -0.480 e. The standard InChI is InChI=1S/C11H16N2O4/c1-2-3-9(10(14)15)13-11(16)12-6-8-4-5-17-7-8/h4-5,7,9H,2-3,6H2,1H3,(H,14,15)(H2,12,13,16)/t9-/m1/s1. The van der Waals surface area contributed by atoms with Crippen molar-refractivity contribution in [3.05, 3.63) is 24.2 Å². The molecule has 0 saturated heterocycles. The fourth-order valence-electron chi connectivity index (χ4n) is 1.33. The van der Waals surface area contributed by atoms with Gasteiger partial charge in [0.25, 0.3) is 0 Å². The van der Waals surface area contributed by atoms with Gasteiger partial charge in [-0.2, -0.15) is 0 Å². The highest BCUT2D eigenvalue weighted by Crippen LogP contribution is 1.99. The number of furan rings is 1. The Hall–Kier alpha value is -1.98. The average molecular weight is 240 g/mol. The van der Waals surface area contributed by atoms with Gasteiger partial charge in [-0.15, -0.1) is 0 Å². The third-order valence-electron chi connectivity index (χ3n) is 2.21. The van der Waals surface area contributed by atoms with E-state index in [4.69, 9.17) is 9.52 Å². The van der Waals surface area contributed by atoms with Crippen molar-refractivity contribution >= 4 is 12.0 Å². The van der Waals surface area contributed by atoms with E-state index in [1.807, 2.05) is 6.92 Å². The van der Waals surface area contributed by atoms with Crippen LogP contribution >= 0.6 is 0 Å². The molecule has 0 radical (unpaired) electrons. The number of carboxylic acid groups (broad SMARTS) is 1. The largest absolute Gasteiger partial charge is 0.480 e. The van der Waals surface area contributed by atoms with Crippen molar-refractivity contribution in [1.82, 2.24) is 10.6 Å². The zero-order valence-corrected chi connectivity index (χ0v) is 9.60. The molecular weight excluding hydrogens is 224 g/mol. The number of urea groups is 1. The number of rotatable bonds is 6. The predicted molar refractivity (Wildman–Crippen MR) is 60.4 cm³/mol. The highest BCUT2D eigenvalue weighted by atomic mass is 16.4. The average Bonchev–Trinajstić information content (AvgIpc) is 2.78. The van der Waals surface area contributed by atoms with Crippen LogP contribution in [-0.2, 0) is 11.3 Å². The van der Waals surface area contributed by atoms with E-state index in [0.717, 1.165) is 5.56 Å². The molecule has 0 bridgehead atoms. The van der Waals surface area contributed by atoms with Gasteiger partial charge in [0.2, 0.25) is 0 Å². The van der Waals surface area contributed by atoms with Crippen molar-refractivity contribution in [2.45, 2.75) is 32.4 Å². The molecule has 1 aromatic rings. The van der Waals surface area contributed by atoms with Crippen molar-refractivity contribution in [3.63, 3.8) is 0 Å². The molecule has 1 heterocycles. The zero-order chi connectivity index (χ0) is 12.7. The van der Waals surface area contributed by atoms with E-state index in [1.54, 1.807) is 6.07 Å². The SMILES string of the molecule is CCC[C@@H](NC(=O)NCc1ccoc1)C(=O)O. The minimum atomic E-state index is -1.02. The van der Waals surface area contributed by atoms with Crippen molar-refractivity contribution < 1.29 is 19.1 Å². The normalized spacial score (nSPS) is 11.8. The van der Waals surface area contributed by atoms with Gasteiger partial charge in [0, 0.05) is 12.1 Å². The van der Waals surface area contributed by atoms with Crippen LogP contribution in [0.4, 0.5) is 4.79 Å². The molecule has 0 unspecified atom stereocenters. The van der Waals surface area contributed by atoms with Gasteiger partial charge in [-0.1, -0.05) is 13.3 Å². The number of hydrogen-bond donors (Lipinski definition) is 3. The van der Waals surface area contributed by atoms with Crippen molar-refractivity contribution in [2.75, 3.05) is 0 Å². The van der Waals surface area contributed by atoms with E-state index in [0.29, 0.717) is 19.4 Å². The lowest BCUT2D eigenvalue weighted by Gasteiger charge is -2.13. The van der Waals surface area contributed by atoms with Gasteiger partial charge >= 0.3 is 12.0 Å². The fourth-order valence-corrected chi connectivity index (χ4v) is 1.33. The monoisotopic (exact) mass is 240 g/mol. The van der Waals surface area contributed by atoms with Crippen LogP contribution < -0.4 is 10.6 Å². The number of nitrogens with one attached hydrogen (secondary N) is 2. The Morgan fingerprint density at radius 2 is 2.29 bits per heavy atom. The van der Waals surface area contributed by atoms with Gasteiger partial charge in [0.15, 0.2) is 0 Å². The zero-order valence-electron chi connectivity index (χ0n) is 9.60. The maximum absolute atomic E-state index is 11.4. The van der Waals surface area contributed by atoms with Gasteiger partial charge in [-0.05, 0) is 12.5 Å². The molecule has 0 aliphatic heterocycles. The van der Waals surface area contributed by atoms with E-state index < -0.39 is 18.0 Å². The van der Waals surface area contributed by atoms with E-state index in [9.17, 15) is 9.59 Å². The molecule has 94 valence electrons. The molecule has 0 spiro atoms. The number of amides is 2. The Balaban J connectivity index is 2.34. The van der Waals surface area contributed by atoms with Gasteiger partial charge in [-0.25, -0.2) is 9.59 Å². The first-order valence-corrected chi connectivity index (χ1v) is 5.41. The molecule has 0 aromatic carbocycles. The Bertz CT molecular complexity index is 362. The van der Waals surface area contributed by atoms with Gasteiger partial charge in [0.1, 0.15) is 6.04 Å². The lowest BCUT2D eigenvalue weighted by atomic mass is 10.2. The highest BCUT2D eigenvalue weighted by Gasteiger charge is 2.18. The maximum atomic E-state index is 11.4. The first-order valence-electron chi connectivity index (χ1n) is 5.41. The third kappa shape index (κ3) is 4.58. The first-order chi connectivity index (χ1) is 8.13. The molecular formula is C11H16N2O4. The van der Waals surface area contributed by atoms with Crippen LogP contribution in [0.3, 0.4) is 0 Å². The number of aliphatic carboxylic acids is 1.